The molecule has 124 valence electrons. The van der Waals surface area contributed by atoms with Crippen molar-refractivity contribution >= 4 is 32.9 Å². The molecule has 0 spiro atoms. The van der Waals surface area contributed by atoms with Crippen LogP contribution in [0.1, 0.15) is 9.75 Å². The minimum atomic E-state index is 0.576. The van der Waals surface area contributed by atoms with Gasteiger partial charge in [0.15, 0.2) is 10.3 Å². The molecular formula is C19H16N4S2. The Kier molecular flexibility index (Phi) is 4.21. The van der Waals surface area contributed by atoms with Crippen LogP contribution in [0.5, 0.6) is 0 Å². The summed E-state index contributed by atoms with van der Waals surface area (Å²) < 4.78 is 0. The molecule has 0 aliphatic carbocycles. The number of benzene rings is 2. The van der Waals surface area contributed by atoms with Gasteiger partial charge >= 0.3 is 0 Å². The first-order chi connectivity index (χ1) is 12.2. The normalized spacial score (nSPS) is 10.9. The van der Waals surface area contributed by atoms with Crippen LogP contribution in [0, 0.1) is 0 Å². The van der Waals surface area contributed by atoms with E-state index in [1.54, 1.807) is 0 Å². The molecule has 0 radical (unpaired) electrons. The van der Waals surface area contributed by atoms with Gasteiger partial charge in [0.25, 0.3) is 0 Å². The van der Waals surface area contributed by atoms with Crippen molar-refractivity contribution in [3.05, 3.63) is 70.4 Å². The number of rotatable bonds is 4. The van der Waals surface area contributed by atoms with Gasteiger partial charge in [-0.15, -0.1) is 22.7 Å². The third-order valence-corrected chi connectivity index (χ3v) is 5.61. The van der Waals surface area contributed by atoms with Gasteiger partial charge in [-0.05, 0) is 0 Å². The van der Waals surface area contributed by atoms with E-state index >= 15 is 0 Å². The number of hydrogen-bond donors (Lipinski definition) is 2. The number of nitrogen functional groups attached to an aromatic ring is 2. The van der Waals surface area contributed by atoms with E-state index in [-0.39, 0.29) is 0 Å². The van der Waals surface area contributed by atoms with Crippen LogP contribution in [-0.2, 0) is 6.42 Å². The maximum atomic E-state index is 6.00. The number of aromatic nitrogens is 2. The molecule has 0 atom stereocenters. The number of nitrogens with zero attached hydrogens (tertiary/aromatic N) is 2. The first-order valence-corrected chi connectivity index (χ1v) is 9.45. The highest BCUT2D eigenvalue weighted by atomic mass is 32.1. The minimum Gasteiger partial charge on any atom is -0.375 e. The van der Waals surface area contributed by atoms with E-state index in [1.807, 2.05) is 36.4 Å². The minimum absolute atomic E-state index is 0.576. The van der Waals surface area contributed by atoms with Crippen molar-refractivity contribution in [2.24, 2.45) is 0 Å². The second kappa shape index (κ2) is 6.66. The zero-order valence-corrected chi connectivity index (χ0v) is 15.0. The molecule has 25 heavy (non-hydrogen) atoms. The fourth-order valence-corrected chi connectivity index (χ4v) is 4.59. The van der Waals surface area contributed by atoms with Crippen LogP contribution in [0.4, 0.5) is 10.3 Å². The molecule has 0 aliphatic heterocycles. The largest absolute Gasteiger partial charge is 0.375 e. The zero-order valence-electron chi connectivity index (χ0n) is 13.3. The molecule has 0 saturated carbocycles. The quantitative estimate of drug-likeness (QED) is 0.551. The number of nitrogens with two attached hydrogens (primary N) is 2. The first kappa shape index (κ1) is 15.8. The Morgan fingerprint density at radius 3 is 1.44 bits per heavy atom. The summed E-state index contributed by atoms with van der Waals surface area (Å²) in [7, 11) is 0. The average molecular weight is 364 g/mol. The highest BCUT2D eigenvalue weighted by Gasteiger charge is 2.17. The maximum Gasteiger partial charge on any atom is 0.180 e. The molecule has 0 saturated heterocycles. The van der Waals surface area contributed by atoms with Crippen molar-refractivity contribution in [3.63, 3.8) is 0 Å². The molecule has 4 nitrogen and oxygen atoms in total. The van der Waals surface area contributed by atoms with Gasteiger partial charge in [0.2, 0.25) is 0 Å². The molecule has 6 heteroatoms. The Hall–Kier alpha value is -2.70. The Morgan fingerprint density at radius 2 is 1.04 bits per heavy atom. The third-order valence-electron chi connectivity index (χ3n) is 3.84. The van der Waals surface area contributed by atoms with Crippen LogP contribution >= 0.6 is 22.7 Å². The standard InChI is InChI=1S/C19H16N4S2/c20-18-22-16(12-7-3-1-4-8-12)14(24-18)11-15-17(23-19(21)25-15)13-9-5-2-6-10-13/h1-10H,11H2,(H2,20,22)(H2,21,23). The van der Waals surface area contributed by atoms with Crippen molar-refractivity contribution in [3.8, 4) is 22.5 Å². The fraction of sp³-hybridized carbons (Fsp3) is 0.0526. The molecule has 2 heterocycles. The van der Waals surface area contributed by atoms with Crippen molar-refractivity contribution in [2.75, 3.05) is 11.5 Å². The van der Waals surface area contributed by atoms with Crippen molar-refractivity contribution < 1.29 is 0 Å². The van der Waals surface area contributed by atoms with Gasteiger partial charge in [0.1, 0.15) is 0 Å². The van der Waals surface area contributed by atoms with E-state index in [9.17, 15) is 0 Å². The Labute approximate surface area is 153 Å². The van der Waals surface area contributed by atoms with E-state index in [2.05, 4.69) is 34.2 Å². The lowest BCUT2D eigenvalue weighted by atomic mass is 10.1. The maximum absolute atomic E-state index is 6.00. The van der Waals surface area contributed by atoms with Gasteiger partial charge in [0.05, 0.1) is 11.4 Å². The van der Waals surface area contributed by atoms with Gasteiger partial charge in [-0.1, -0.05) is 60.7 Å². The summed E-state index contributed by atoms with van der Waals surface area (Å²) in [6.45, 7) is 0. The van der Waals surface area contributed by atoms with Crippen molar-refractivity contribution in [2.45, 2.75) is 6.42 Å². The third kappa shape index (κ3) is 3.26. The van der Waals surface area contributed by atoms with Crippen LogP contribution < -0.4 is 11.5 Å². The molecule has 0 aliphatic rings. The molecule has 0 amide bonds. The van der Waals surface area contributed by atoms with Crippen LogP contribution in [0.25, 0.3) is 22.5 Å². The molecule has 4 N–H and O–H groups in total. The highest BCUT2D eigenvalue weighted by molar-refractivity contribution is 7.17. The van der Waals surface area contributed by atoms with Crippen LogP contribution in [0.15, 0.2) is 60.7 Å². The second-order valence-electron chi connectivity index (χ2n) is 5.56. The lowest BCUT2D eigenvalue weighted by Gasteiger charge is -2.04. The monoisotopic (exact) mass is 364 g/mol. The van der Waals surface area contributed by atoms with E-state index in [0.29, 0.717) is 10.3 Å². The Morgan fingerprint density at radius 1 is 0.640 bits per heavy atom. The predicted molar refractivity (Wildman–Crippen MR) is 107 cm³/mol. The lowest BCUT2D eigenvalue weighted by molar-refractivity contribution is 1.24. The zero-order chi connectivity index (χ0) is 17.2. The summed E-state index contributed by atoms with van der Waals surface area (Å²) in [6.07, 6.45) is 0.720. The molecular weight excluding hydrogens is 348 g/mol. The second-order valence-corrected chi connectivity index (χ2v) is 7.79. The number of hydrogen-bond acceptors (Lipinski definition) is 6. The van der Waals surface area contributed by atoms with Crippen LogP contribution in [0.2, 0.25) is 0 Å². The van der Waals surface area contributed by atoms with Crippen molar-refractivity contribution in [1.82, 2.24) is 9.97 Å². The summed E-state index contributed by atoms with van der Waals surface area (Å²) in [5.41, 5.74) is 16.0. The smallest absolute Gasteiger partial charge is 0.180 e. The lowest BCUT2D eigenvalue weighted by Crippen LogP contribution is -1.90. The Balaban J connectivity index is 1.75. The molecule has 0 unspecified atom stereocenters. The molecule has 4 rings (SSSR count). The highest BCUT2D eigenvalue weighted by Crippen LogP contribution is 2.36. The van der Waals surface area contributed by atoms with E-state index in [0.717, 1.165) is 38.7 Å². The summed E-state index contributed by atoms with van der Waals surface area (Å²) in [4.78, 5) is 11.3. The molecule has 2 aromatic heterocycles. The molecule has 0 bridgehead atoms. The van der Waals surface area contributed by atoms with E-state index < -0.39 is 0 Å². The van der Waals surface area contributed by atoms with Crippen LogP contribution in [-0.4, -0.2) is 9.97 Å². The number of anilines is 2. The summed E-state index contributed by atoms with van der Waals surface area (Å²) in [5.74, 6) is 0. The summed E-state index contributed by atoms with van der Waals surface area (Å²) in [6, 6.07) is 20.2. The van der Waals surface area contributed by atoms with Gasteiger partial charge in [-0.2, -0.15) is 0 Å². The van der Waals surface area contributed by atoms with E-state index in [4.69, 9.17) is 11.5 Å². The van der Waals surface area contributed by atoms with Gasteiger partial charge in [0, 0.05) is 27.3 Å². The molecule has 0 fully saturated rings. The van der Waals surface area contributed by atoms with E-state index in [1.165, 1.54) is 22.7 Å². The molecule has 4 aromatic rings. The number of thiazole rings is 2. The SMILES string of the molecule is Nc1nc(-c2ccccc2)c(Cc2sc(N)nc2-c2ccccc2)s1. The summed E-state index contributed by atoms with van der Waals surface area (Å²) in [5, 5.41) is 1.15. The van der Waals surface area contributed by atoms with Crippen LogP contribution in [0.3, 0.4) is 0 Å². The van der Waals surface area contributed by atoms with Crippen molar-refractivity contribution in [1.29, 1.82) is 0 Å². The summed E-state index contributed by atoms with van der Waals surface area (Å²) >= 11 is 3.04. The average Bonchev–Trinajstić information content (AvgIpc) is 3.19. The fourth-order valence-electron chi connectivity index (χ4n) is 2.77. The van der Waals surface area contributed by atoms with Gasteiger partial charge in [-0.3, -0.25) is 0 Å². The van der Waals surface area contributed by atoms with Gasteiger partial charge < -0.3 is 11.5 Å². The van der Waals surface area contributed by atoms with Gasteiger partial charge in [-0.25, -0.2) is 9.97 Å². The topological polar surface area (TPSA) is 77.8 Å². The first-order valence-electron chi connectivity index (χ1n) is 7.82. The molecule has 2 aromatic carbocycles. The predicted octanol–water partition coefficient (Wildman–Crippen LogP) is 4.69. The Bertz CT molecular complexity index is 909.